The van der Waals surface area contributed by atoms with E-state index in [2.05, 4.69) is 5.32 Å². The van der Waals surface area contributed by atoms with Crippen molar-refractivity contribution in [2.45, 2.75) is 0 Å². The van der Waals surface area contributed by atoms with Crippen molar-refractivity contribution >= 4 is 34.9 Å². The molecule has 0 aliphatic carbocycles. The molecule has 126 valence electrons. The summed E-state index contributed by atoms with van der Waals surface area (Å²) in [6.07, 6.45) is 0. The molecule has 2 aromatic rings. The average molecular weight is 356 g/mol. The SMILES string of the molecule is COc1cc(NC(=O)NC(=O)c2cc(F)c(F)cc2Cl)ccc1N. The van der Waals surface area contributed by atoms with E-state index in [1.807, 2.05) is 5.32 Å². The maximum absolute atomic E-state index is 13.2. The Morgan fingerprint density at radius 1 is 1.17 bits per heavy atom. The number of amides is 3. The van der Waals surface area contributed by atoms with Gasteiger partial charge in [0.1, 0.15) is 5.75 Å². The minimum atomic E-state index is -1.26. The number of anilines is 2. The number of hydrogen-bond donors (Lipinski definition) is 3. The summed E-state index contributed by atoms with van der Waals surface area (Å²) < 4.78 is 31.2. The predicted octanol–water partition coefficient (Wildman–Crippen LogP) is 3.17. The zero-order valence-corrected chi connectivity index (χ0v) is 13.1. The van der Waals surface area contributed by atoms with Crippen LogP contribution in [0.5, 0.6) is 5.75 Å². The lowest BCUT2D eigenvalue weighted by molar-refractivity contribution is 0.0966. The fraction of sp³-hybridized carbons (Fsp3) is 0.0667. The van der Waals surface area contributed by atoms with Gasteiger partial charge in [-0.2, -0.15) is 0 Å². The highest BCUT2D eigenvalue weighted by atomic mass is 35.5. The second-order valence-electron chi connectivity index (χ2n) is 4.61. The topological polar surface area (TPSA) is 93.5 Å². The van der Waals surface area contributed by atoms with Crippen LogP contribution in [-0.2, 0) is 0 Å². The van der Waals surface area contributed by atoms with Gasteiger partial charge in [0.05, 0.1) is 23.4 Å². The van der Waals surface area contributed by atoms with Crippen LogP contribution in [0.2, 0.25) is 5.02 Å². The van der Waals surface area contributed by atoms with Crippen LogP contribution in [0.3, 0.4) is 0 Å². The molecule has 6 nitrogen and oxygen atoms in total. The molecule has 4 N–H and O–H groups in total. The molecule has 0 atom stereocenters. The van der Waals surface area contributed by atoms with E-state index >= 15 is 0 Å². The molecule has 0 unspecified atom stereocenters. The van der Waals surface area contributed by atoms with Crippen LogP contribution in [-0.4, -0.2) is 19.0 Å². The minimum Gasteiger partial charge on any atom is -0.495 e. The minimum absolute atomic E-state index is 0.308. The predicted molar refractivity (Wildman–Crippen MR) is 85.3 cm³/mol. The smallest absolute Gasteiger partial charge is 0.326 e. The number of imide groups is 1. The molecule has 0 bridgehead atoms. The summed E-state index contributed by atoms with van der Waals surface area (Å²) in [6.45, 7) is 0. The van der Waals surface area contributed by atoms with Crippen LogP contribution in [0.25, 0.3) is 0 Å². The van der Waals surface area contributed by atoms with Gasteiger partial charge in [-0.15, -0.1) is 0 Å². The van der Waals surface area contributed by atoms with Gasteiger partial charge in [0.15, 0.2) is 11.6 Å². The van der Waals surface area contributed by atoms with Gasteiger partial charge in [-0.05, 0) is 24.3 Å². The molecule has 0 aliphatic heterocycles. The van der Waals surface area contributed by atoms with Crippen LogP contribution in [0, 0.1) is 11.6 Å². The van der Waals surface area contributed by atoms with Crippen molar-refractivity contribution in [2.75, 3.05) is 18.2 Å². The summed E-state index contributed by atoms with van der Waals surface area (Å²) in [6, 6.07) is 4.80. The van der Waals surface area contributed by atoms with Gasteiger partial charge in [-0.25, -0.2) is 13.6 Å². The van der Waals surface area contributed by atoms with Crippen LogP contribution >= 0.6 is 11.6 Å². The highest BCUT2D eigenvalue weighted by molar-refractivity contribution is 6.34. The van der Waals surface area contributed by atoms with E-state index in [9.17, 15) is 18.4 Å². The van der Waals surface area contributed by atoms with Crippen molar-refractivity contribution in [2.24, 2.45) is 0 Å². The summed E-state index contributed by atoms with van der Waals surface area (Å²) in [5, 5.41) is 4.00. The number of benzene rings is 2. The largest absolute Gasteiger partial charge is 0.495 e. The second-order valence-corrected chi connectivity index (χ2v) is 5.02. The van der Waals surface area contributed by atoms with E-state index in [1.54, 1.807) is 0 Å². The Hall–Kier alpha value is -2.87. The molecular formula is C15H12ClF2N3O3. The van der Waals surface area contributed by atoms with Crippen molar-refractivity contribution in [1.29, 1.82) is 0 Å². The van der Waals surface area contributed by atoms with Crippen molar-refractivity contribution in [3.05, 3.63) is 52.6 Å². The molecule has 0 spiro atoms. The fourth-order valence-corrected chi connectivity index (χ4v) is 2.05. The van der Waals surface area contributed by atoms with Gasteiger partial charge in [0.2, 0.25) is 0 Å². The lowest BCUT2D eigenvalue weighted by atomic mass is 10.2. The number of carbonyl (C=O) groups is 2. The molecule has 0 fully saturated rings. The molecule has 0 radical (unpaired) electrons. The van der Waals surface area contributed by atoms with Crippen LogP contribution in [0.4, 0.5) is 25.0 Å². The van der Waals surface area contributed by atoms with Crippen molar-refractivity contribution < 1.29 is 23.1 Å². The van der Waals surface area contributed by atoms with E-state index in [4.69, 9.17) is 22.1 Å². The monoisotopic (exact) mass is 355 g/mol. The summed E-state index contributed by atoms with van der Waals surface area (Å²) in [5.74, 6) is -3.11. The highest BCUT2D eigenvalue weighted by Gasteiger charge is 2.17. The Kier molecular flexibility index (Phi) is 5.20. The molecule has 2 rings (SSSR count). The molecule has 24 heavy (non-hydrogen) atoms. The normalized spacial score (nSPS) is 10.2. The maximum Gasteiger partial charge on any atom is 0.326 e. The number of methoxy groups -OCH3 is 1. The average Bonchev–Trinajstić information content (AvgIpc) is 2.52. The number of halogens is 3. The van der Waals surface area contributed by atoms with Crippen molar-refractivity contribution in [1.82, 2.24) is 5.32 Å². The van der Waals surface area contributed by atoms with E-state index in [1.165, 1.54) is 25.3 Å². The molecular weight excluding hydrogens is 344 g/mol. The first-order chi connectivity index (χ1) is 11.3. The number of carbonyl (C=O) groups excluding carboxylic acids is 2. The molecule has 0 saturated carbocycles. The van der Waals surface area contributed by atoms with E-state index < -0.39 is 23.6 Å². The molecule has 9 heteroatoms. The molecule has 2 aromatic carbocycles. The summed E-state index contributed by atoms with van der Waals surface area (Å²) in [5.41, 5.74) is 5.94. The highest BCUT2D eigenvalue weighted by Crippen LogP contribution is 2.25. The number of ether oxygens (including phenoxy) is 1. The first-order valence-corrected chi connectivity index (χ1v) is 6.90. The first-order valence-electron chi connectivity index (χ1n) is 6.52. The maximum atomic E-state index is 13.2. The third kappa shape index (κ3) is 3.90. The number of nitrogens with two attached hydrogens (primary N) is 1. The zero-order valence-electron chi connectivity index (χ0n) is 12.3. The van der Waals surface area contributed by atoms with Gasteiger partial charge in [-0.1, -0.05) is 11.6 Å². The number of urea groups is 1. The third-order valence-corrected chi connectivity index (χ3v) is 3.29. The molecule has 0 aromatic heterocycles. The van der Waals surface area contributed by atoms with Gasteiger partial charge < -0.3 is 15.8 Å². The standard InChI is InChI=1S/C15H12ClF2N3O3/c1-24-13-4-7(2-3-12(13)19)20-15(23)21-14(22)8-5-10(17)11(18)6-9(8)16/h2-6H,19H2,1H3,(H2,20,21,22,23). The Morgan fingerprint density at radius 2 is 1.83 bits per heavy atom. The molecule has 0 aliphatic rings. The Balaban J connectivity index is 2.10. The van der Waals surface area contributed by atoms with Gasteiger partial charge in [0.25, 0.3) is 5.91 Å². The number of rotatable bonds is 3. The van der Waals surface area contributed by atoms with Crippen LogP contribution in [0.1, 0.15) is 10.4 Å². The summed E-state index contributed by atoms with van der Waals surface area (Å²) in [4.78, 5) is 23.7. The Bertz CT molecular complexity index is 815. The third-order valence-electron chi connectivity index (χ3n) is 2.97. The first kappa shape index (κ1) is 17.5. The van der Waals surface area contributed by atoms with Gasteiger partial charge >= 0.3 is 6.03 Å². The fourth-order valence-electron chi connectivity index (χ4n) is 1.82. The second kappa shape index (κ2) is 7.14. The van der Waals surface area contributed by atoms with Crippen molar-refractivity contribution in [3.8, 4) is 5.75 Å². The molecule has 0 heterocycles. The Morgan fingerprint density at radius 3 is 2.50 bits per heavy atom. The number of nitrogens with one attached hydrogen (secondary N) is 2. The quantitative estimate of drug-likeness (QED) is 0.582. The Labute approximate surface area is 140 Å². The van der Waals surface area contributed by atoms with Crippen LogP contribution in [0.15, 0.2) is 30.3 Å². The zero-order chi connectivity index (χ0) is 17.9. The van der Waals surface area contributed by atoms with Gasteiger partial charge in [0, 0.05) is 11.8 Å². The summed E-state index contributed by atoms with van der Waals surface area (Å²) in [7, 11) is 1.41. The van der Waals surface area contributed by atoms with Crippen molar-refractivity contribution in [3.63, 3.8) is 0 Å². The van der Waals surface area contributed by atoms with E-state index in [-0.39, 0.29) is 10.6 Å². The lowest BCUT2D eigenvalue weighted by Crippen LogP contribution is -2.34. The summed E-state index contributed by atoms with van der Waals surface area (Å²) >= 11 is 5.67. The molecule has 0 saturated heterocycles. The van der Waals surface area contributed by atoms with E-state index in [0.29, 0.717) is 29.3 Å². The number of nitrogen functional groups attached to an aromatic ring is 1. The van der Waals surface area contributed by atoms with E-state index in [0.717, 1.165) is 0 Å². The number of hydrogen-bond acceptors (Lipinski definition) is 4. The van der Waals surface area contributed by atoms with Crippen LogP contribution < -0.4 is 21.1 Å². The van der Waals surface area contributed by atoms with Gasteiger partial charge in [-0.3, -0.25) is 10.1 Å². The lowest BCUT2D eigenvalue weighted by Gasteiger charge is -2.10. The molecule has 3 amide bonds.